The maximum absolute atomic E-state index is 12.7. The summed E-state index contributed by atoms with van der Waals surface area (Å²) in [6.45, 7) is 4.30. The summed E-state index contributed by atoms with van der Waals surface area (Å²) in [6.07, 6.45) is 3.49. The van der Waals surface area contributed by atoms with Crippen molar-refractivity contribution in [3.63, 3.8) is 0 Å². The molecule has 1 aromatic heterocycles. The van der Waals surface area contributed by atoms with Crippen molar-refractivity contribution in [1.82, 2.24) is 19.4 Å². The van der Waals surface area contributed by atoms with Gasteiger partial charge >= 0.3 is 0 Å². The van der Waals surface area contributed by atoms with Crippen LogP contribution in [0.25, 0.3) is 0 Å². The highest BCUT2D eigenvalue weighted by atomic mass is 32.2. The fourth-order valence-electron chi connectivity index (χ4n) is 2.54. The Bertz CT molecular complexity index is 927. The highest BCUT2D eigenvalue weighted by Crippen LogP contribution is 2.11. The second-order valence-electron chi connectivity index (χ2n) is 6.53. The lowest BCUT2D eigenvalue weighted by Crippen LogP contribution is -2.42. The monoisotopic (exact) mass is 437 g/mol. The first-order valence-corrected chi connectivity index (χ1v) is 11.2. The first-order valence-electron chi connectivity index (χ1n) is 9.50. The molecular formula is C19H27N5O5S. The van der Waals surface area contributed by atoms with Gasteiger partial charge in [0.05, 0.1) is 24.2 Å². The first kappa shape index (κ1) is 23.4. The molecular weight excluding hydrogens is 410 g/mol. The Balaban J connectivity index is 1.96. The molecule has 1 aromatic carbocycles. The number of hydrogen-bond acceptors (Lipinski definition) is 6. The molecule has 1 heterocycles. The van der Waals surface area contributed by atoms with Crippen molar-refractivity contribution in [2.45, 2.75) is 20.4 Å². The summed E-state index contributed by atoms with van der Waals surface area (Å²) in [5, 5.41) is 6.49. The predicted octanol–water partition coefficient (Wildman–Crippen LogP) is 0.607. The Kier molecular flexibility index (Phi) is 8.81. The lowest BCUT2D eigenvalue weighted by Gasteiger charge is -2.23. The van der Waals surface area contributed by atoms with Crippen LogP contribution in [-0.4, -0.2) is 67.4 Å². The van der Waals surface area contributed by atoms with Crippen LogP contribution < -0.4 is 14.8 Å². The van der Waals surface area contributed by atoms with E-state index in [2.05, 4.69) is 15.1 Å². The van der Waals surface area contributed by atoms with E-state index < -0.39 is 10.0 Å². The molecule has 0 saturated heterocycles. The standard InChI is InChI=1S/C19H27N5O5S/c1-3-30(27,28)22-8-9-23(10-11-29-18-6-4-16(2)5-7-18)19(26)14-24-13-17(12-21-24)20-15-25/h4-7,12-13,15,22H,3,8-11,14H2,1-2H3,(H,20,25). The summed E-state index contributed by atoms with van der Waals surface area (Å²) in [4.78, 5) is 24.7. The molecule has 164 valence electrons. The first-order chi connectivity index (χ1) is 14.3. The fraction of sp³-hybridized carbons (Fsp3) is 0.421. The number of nitrogens with one attached hydrogen (secondary N) is 2. The number of rotatable bonds is 13. The molecule has 0 spiro atoms. The highest BCUT2D eigenvalue weighted by molar-refractivity contribution is 7.89. The van der Waals surface area contributed by atoms with Gasteiger partial charge in [-0.15, -0.1) is 0 Å². The lowest BCUT2D eigenvalue weighted by molar-refractivity contribution is -0.132. The summed E-state index contributed by atoms with van der Waals surface area (Å²) in [5.74, 6) is 0.410. The molecule has 0 aliphatic heterocycles. The number of nitrogens with zero attached hydrogens (tertiary/aromatic N) is 3. The zero-order chi connectivity index (χ0) is 22.0. The predicted molar refractivity (Wildman–Crippen MR) is 113 cm³/mol. The summed E-state index contributed by atoms with van der Waals surface area (Å²) < 4.78 is 32.8. The summed E-state index contributed by atoms with van der Waals surface area (Å²) in [7, 11) is -3.35. The number of amides is 2. The van der Waals surface area contributed by atoms with E-state index in [1.54, 1.807) is 6.92 Å². The molecule has 0 aliphatic carbocycles. The van der Waals surface area contributed by atoms with E-state index in [9.17, 15) is 18.0 Å². The topological polar surface area (TPSA) is 123 Å². The maximum atomic E-state index is 12.7. The molecule has 10 nitrogen and oxygen atoms in total. The smallest absolute Gasteiger partial charge is 0.244 e. The molecule has 0 saturated carbocycles. The van der Waals surface area contributed by atoms with Crippen molar-refractivity contribution in [1.29, 1.82) is 0 Å². The van der Waals surface area contributed by atoms with Crippen LogP contribution in [0, 0.1) is 6.92 Å². The van der Waals surface area contributed by atoms with Gasteiger partial charge in [0.1, 0.15) is 18.9 Å². The van der Waals surface area contributed by atoms with Crippen molar-refractivity contribution in [2.75, 3.05) is 37.3 Å². The number of aryl methyl sites for hydroxylation is 1. The van der Waals surface area contributed by atoms with Crippen molar-refractivity contribution < 1.29 is 22.7 Å². The van der Waals surface area contributed by atoms with Gasteiger partial charge in [0.25, 0.3) is 0 Å². The van der Waals surface area contributed by atoms with E-state index in [1.165, 1.54) is 22.0 Å². The van der Waals surface area contributed by atoms with Gasteiger partial charge in [-0.25, -0.2) is 13.1 Å². The Labute approximate surface area is 176 Å². The molecule has 0 unspecified atom stereocenters. The molecule has 0 bridgehead atoms. The van der Waals surface area contributed by atoms with E-state index >= 15 is 0 Å². The summed E-state index contributed by atoms with van der Waals surface area (Å²) >= 11 is 0. The van der Waals surface area contributed by atoms with Crippen LogP contribution in [0.15, 0.2) is 36.7 Å². The zero-order valence-corrected chi connectivity index (χ0v) is 17.9. The molecule has 2 rings (SSSR count). The minimum absolute atomic E-state index is 0.0305. The van der Waals surface area contributed by atoms with Gasteiger partial charge < -0.3 is 15.0 Å². The van der Waals surface area contributed by atoms with E-state index in [1.807, 2.05) is 31.2 Å². The van der Waals surface area contributed by atoms with Crippen LogP contribution in [0.2, 0.25) is 0 Å². The maximum Gasteiger partial charge on any atom is 0.244 e. The lowest BCUT2D eigenvalue weighted by atomic mass is 10.2. The number of benzene rings is 1. The Morgan fingerprint density at radius 1 is 1.27 bits per heavy atom. The minimum atomic E-state index is -3.35. The number of aromatic nitrogens is 2. The van der Waals surface area contributed by atoms with Gasteiger partial charge in [0.2, 0.25) is 22.3 Å². The van der Waals surface area contributed by atoms with Crippen LogP contribution in [0.4, 0.5) is 5.69 Å². The molecule has 0 atom stereocenters. The number of anilines is 1. The molecule has 2 aromatic rings. The van der Waals surface area contributed by atoms with Gasteiger partial charge in [0, 0.05) is 19.3 Å². The number of sulfonamides is 1. The van der Waals surface area contributed by atoms with Crippen LogP contribution in [0.5, 0.6) is 5.75 Å². The number of hydrogen-bond donors (Lipinski definition) is 2. The van der Waals surface area contributed by atoms with Gasteiger partial charge in [-0.1, -0.05) is 17.7 Å². The largest absolute Gasteiger partial charge is 0.492 e. The number of ether oxygens (including phenoxy) is 1. The SMILES string of the molecule is CCS(=O)(=O)NCCN(CCOc1ccc(C)cc1)C(=O)Cn1cc(NC=O)cn1. The van der Waals surface area contributed by atoms with Crippen molar-refractivity contribution >= 4 is 28.0 Å². The van der Waals surface area contributed by atoms with Crippen LogP contribution >= 0.6 is 0 Å². The molecule has 0 radical (unpaired) electrons. The average molecular weight is 438 g/mol. The van der Waals surface area contributed by atoms with Gasteiger partial charge in [-0.05, 0) is 26.0 Å². The zero-order valence-electron chi connectivity index (χ0n) is 17.1. The van der Waals surface area contributed by atoms with Crippen molar-refractivity contribution in [3.8, 4) is 5.75 Å². The fourth-order valence-corrected chi connectivity index (χ4v) is 3.15. The molecule has 30 heavy (non-hydrogen) atoms. The number of carbonyl (C=O) groups is 2. The molecule has 2 amide bonds. The second kappa shape index (κ2) is 11.3. The number of carbonyl (C=O) groups excluding carboxylic acids is 2. The van der Waals surface area contributed by atoms with E-state index in [0.717, 1.165) is 5.56 Å². The molecule has 0 aliphatic rings. The summed E-state index contributed by atoms with van der Waals surface area (Å²) in [5.41, 5.74) is 1.59. The van der Waals surface area contributed by atoms with Crippen molar-refractivity contribution in [3.05, 3.63) is 42.2 Å². The van der Waals surface area contributed by atoms with E-state index in [4.69, 9.17) is 4.74 Å². The average Bonchev–Trinajstić information content (AvgIpc) is 3.15. The third kappa shape index (κ3) is 7.84. The van der Waals surface area contributed by atoms with Gasteiger partial charge in [-0.3, -0.25) is 14.3 Å². The molecule has 11 heteroatoms. The van der Waals surface area contributed by atoms with Gasteiger partial charge in [0.15, 0.2) is 0 Å². The quantitative estimate of drug-likeness (QED) is 0.443. The normalized spacial score (nSPS) is 11.1. The Morgan fingerprint density at radius 3 is 2.67 bits per heavy atom. The Hall–Kier alpha value is -2.92. The van der Waals surface area contributed by atoms with E-state index in [-0.39, 0.29) is 44.4 Å². The van der Waals surface area contributed by atoms with Crippen LogP contribution in [-0.2, 0) is 26.2 Å². The van der Waals surface area contributed by atoms with Crippen LogP contribution in [0.1, 0.15) is 12.5 Å². The third-order valence-corrected chi connectivity index (χ3v) is 5.65. The Morgan fingerprint density at radius 2 is 2.00 bits per heavy atom. The second-order valence-corrected chi connectivity index (χ2v) is 8.62. The highest BCUT2D eigenvalue weighted by Gasteiger charge is 2.16. The minimum Gasteiger partial charge on any atom is -0.492 e. The molecule has 0 fully saturated rings. The van der Waals surface area contributed by atoms with Gasteiger partial charge in [-0.2, -0.15) is 5.10 Å². The molecule has 2 N–H and O–H groups in total. The van der Waals surface area contributed by atoms with E-state index in [0.29, 0.717) is 17.8 Å². The third-order valence-electron chi connectivity index (χ3n) is 4.24. The summed E-state index contributed by atoms with van der Waals surface area (Å²) in [6, 6.07) is 7.56. The van der Waals surface area contributed by atoms with Crippen molar-refractivity contribution in [2.24, 2.45) is 0 Å². The van der Waals surface area contributed by atoms with Crippen LogP contribution in [0.3, 0.4) is 0 Å².